The van der Waals surface area contributed by atoms with Crippen molar-refractivity contribution in [1.29, 1.82) is 10.5 Å². The highest BCUT2D eigenvalue weighted by Gasteiger charge is 2.43. The molecule has 2 fully saturated rings. The molecule has 1 aromatic heterocycles. The van der Waals surface area contributed by atoms with Gasteiger partial charge in [-0.05, 0) is 50.1 Å². The van der Waals surface area contributed by atoms with E-state index in [-0.39, 0.29) is 24.3 Å². The van der Waals surface area contributed by atoms with Gasteiger partial charge < -0.3 is 15.3 Å². The van der Waals surface area contributed by atoms with Crippen LogP contribution in [0.3, 0.4) is 0 Å². The molecule has 2 unspecified atom stereocenters. The predicted molar refractivity (Wildman–Crippen MR) is 120 cm³/mol. The zero-order valence-electron chi connectivity index (χ0n) is 18.9. The second kappa shape index (κ2) is 9.17. The van der Waals surface area contributed by atoms with Crippen molar-refractivity contribution in [3.63, 3.8) is 0 Å². The second-order valence-corrected chi connectivity index (χ2v) is 9.10. The van der Waals surface area contributed by atoms with Crippen LogP contribution in [-0.4, -0.2) is 58.2 Å². The quantitative estimate of drug-likeness (QED) is 0.670. The number of nitriles is 2. The van der Waals surface area contributed by atoms with Crippen LogP contribution in [0.2, 0.25) is 0 Å². The van der Waals surface area contributed by atoms with Crippen LogP contribution in [0, 0.1) is 22.7 Å². The molecule has 2 saturated heterocycles. The molecule has 1 amide bonds. The number of rotatable bonds is 5. The molecule has 4 rings (SSSR count). The van der Waals surface area contributed by atoms with Gasteiger partial charge in [-0.3, -0.25) is 9.69 Å². The first-order valence-electron chi connectivity index (χ1n) is 11.0. The maximum absolute atomic E-state index is 13.2. The molecule has 35 heavy (non-hydrogen) atoms. The number of pyridine rings is 1. The Morgan fingerprint density at radius 3 is 2.34 bits per heavy atom. The molecule has 182 valence electrons. The van der Waals surface area contributed by atoms with Crippen LogP contribution in [0.4, 0.5) is 24.5 Å². The highest BCUT2D eigenvalue weighted by molar-refractivity contribution is 5.97. The van der Waals surface area contributed by atoms with Gasteiger partial charge in [0.15, 0.2) is 11.3 Å². The third kappa shape index (κ3) is 5.06. The second-order valence-electron chi connectivity index (χ2n) is 9.10. The van der Waals surface area contributed by atoms with Crippen molar-refractivity contribution in [2.24, 2.45) is 0 Å². The Bertz CT molecular complexity index is 1190. The number of aromatic nitrogens is 1. The first-order chi connectivity index (χ1) is 16.5. The largest absolute Gasteiger partial charge is 0.419 e. The van der Waals surface area contributed by atoms with E-state index in [1.165, 1.54) is 13.0 Å². The van der Waals surface area contributed by atoms with Gasteiger partial charge in [-0.15, -0.1) is 0 Å². The van der Waals surface area contributed by atoms with E-state index in [1.807, 2.05) is 17.0 Å². The summed E-state index contributed by atoms with van der Waals surface area (Å²) in [6.45, 7) is 2.54. The number of hydrogen-bond acceptors (Lipinski definition) is 7. The van der Waals surface area contributed by atoms with E-state index in [2.05, 4.69) is 21.3 Å². The molecule has 0 saturated carbocycles. The lowest BCUT2D eigenvalue weighted by atomic mass is 10.0. The Labute approximate surface area is 200 Å². The highest BCUT2D eigenvalue weighted by atomic mass is 19.4. The molecule has 2 aliphatic heterocycles. The smallest absolute Gasteiger partial charge is 0.379 e. The summed E-state index contributed by atoms with van der Waals surface area (Å²) in [5.41, 5.74) is -2.57. The zero-order valence-corrected chi connectivity index (χ0v) is 18.9. The van der Waals surface area contributed by atoms with Gasteiger partial charge in [0.1, 0.15) is 6.07 Å². The number of nitrogens with zero attached hydrogens (tertiary/aromatic N) is 5. The lowest BCUT2D eigenvalue weighted by molar-refractivity contribution is -0.138. The minimum Gasteiger partial charge on any atom is -0.379 e. The van der Waals surface area contributed by atoms with E-state index in [0.29, 0.717) is 24.7 Å². The van der Waals surface area contributed by atoms with Gasteiger partial charge in [-0.1, -0.05) is 0 Å². The summed E-state index contributed by atoms with van der Waals surface area (Å²) in [6, 6.07) is 11.9. The van der Waals surface area contributed by atoms with Crippen molar-refractivity contribution in [1.82, 2.24) is 9.88 Å². The normalized spacial score (nSPS) is 21.6. The van der Waals surface area contributed by atoms with E-state index in [4.69, 9.17) is 10.5 Å². The van der Waals surface area contributed by atoms with E-state index < -0.39 is 28.9 Å². The van der Waals surface area contributed by atoms with Gasteiger partial charge in [0.25, 0.3) is 5.91 Å². The molecule has 1 aromatic carbocycles. The van der Waals surface area contributed by atoms with Gasteiger partial charge in [-0.2, -0.15) is 23.7 Å². The molecule has 11 heteroatoms. The number of carbonyl (C=O) groups excluding carboxylic acids is 1. The molecule has 0 aliphatic carbocycles. The third-order valence-electron chi connectivity index (χ3n) is 6.43. The number of β-amino-alcohol motifs (C(OH)–C–C–N with tert-alkyl or cyclic N) is 1. The number of anilines is 2. The lowest BCUT2D eigenvalue weighted by Gasteiger charge is -2.44. The standard InChI is InChI=1S/C24H23F3N6O2/c1-23(35,22(34)31-16-8-20(24(25,26)27)21(10-29)30-11-16)14-32-12-18-6-7-19(13-32)33(18)17-4-2-15(9-28)3-5-17/h2-5,8,11,18-19,35H,6-7,12-14H2,1H3,(H,31,34)/t18?,19?,23-/m0/s1. The number of carbonyl (C=O) groups is 1. The molecule has 2 aromatic rings. The number of benzene rings is 1. The molecule has 3 heterocycles. The Balaban J connectivity index is 1.42. The summed E-state index contributed by atoms with van der Waals surface area (Å²) in [6.07, 6.45) is -1.95. The summed E-state index contributed by atoms with van der Waals surface area (Å²) in [5.74, 6) is -0.862. The molecule has 2 N–H and O–H groups in total. The average Bonchev–Trinajstić information content (AvgIpc) is 3.08. The maximum atomic E-state index is 13.2. The average molecular weight is 484 g/mol. The van der Waals surface area contributed by atoms with E-state index >= 15 is 0 Å². The van der Waals surface area contributed by atoms with Crippen molar-refractivity contribution in [2.75, 3.05) is 29.9 Å². The van der Waals surface area contributed by atoms with Crippen LogP contribution in [0.15, 0.2) is 36.5 Å². The predicted octanol–water partition coefficient (Wildman–Crippen LogP) is 2.89. The fraction of sp³-hybridized carbons (Fsp3) is 0.417. The fourth-order valence-corrected chi connectivity index (χ4v) is 4.86. The maximum Gasteiger partial charge on any atom is 0.419 e. The molecular formula is C24H23F3N6O2. The number of hydrogen-bond donors (Lipinski definition) is 2. The van der Waals surface area contributed by atoms with Crippen LogP contribution in [0.5, 0.6) is 0 Å². The van der Waals surface area contributed by atoms with Gasteiger partial charge >= 0.3 is 6.18 Å². The number of halogens is 3. The number of alkyl halides is 3. The summed E-state index contributed by atoms with van der Waals surface area (Å²) >= 11 is 0. The van der Waals surface area contributed by atoms with E-state index in [1.54, 1.807) is 12.1 Å². The van der Waals surface area contributed by atoms with E-state index in [0.717, 1.165) is 24.7 Å². The van der Waals surface area contributed by atoms with Crippen molar-refractivity contribution < 1.29 is 23.1 Å². The third-order valence-corrected chi connectivity index (χ3v) is 6.43. The van der Waals surface area contributed by atoms with Gasteiger partial charge in [0.2, 0.25) is 0 Å². The SMILES string of the molecule is C[C@](O)(CN1CC2CCC(C1)N2c1ccc(C#N)cc1)C(=O)Nc1cnc(C#N)c(C(F)(F)F)c1. The Morgan fingerprint density at radius 2 is 1.80 bits per heavy atom. The Morgan fingerprint density at radius 1 is 1.17 bits per heavy atom. The lowest BCUT2D eigenvalue weighted by Crippen LogP contribution is -2.58. The monoisotopic (exact) mass is 484 g/mol. The van der Waals surface area contributed by atoms with Crippen molar-refractivity contribution in [3.8, 4) is 12.1 Å². The molecule has 2 aliphatic rings. The number of likely N-dealkylation sites (tertiary alicyclic amines) is 1. The molecule has 0 spiro atoms. The van der Waals surface area contributed by atoms with Crippen molar-refractivity contribution in [2.45, 2.75) is 43.6 Å². The van der Waals surface area contributed by atoms with Crippen molar-refractivity contribution >= 4 is 17.3 Å². The zero-order chi connectivity index (χ0) is 25.4. The first-order valence-corrected chi connectivity index (χ1v) is 11.0. The Kier molecular flexibility index (Phi) is 6.41. The number of piperazine rings is 1. The molecular weight excluding hydrogens is 461 g/mol. The highest BCUT2D eigenvalue weighted by Crippen LogP contribution is 2.36. The number of amides is 1. The van der Waals surface area contributed by atoms with E-state index in [9.17, 15) is 23.1 Å². The van der Waals surface area contributed by atoms with Gasteiger partial charge in [-0.25, -0.2) is 4.98 Å². The molecule has 0 radical (unpaired) electrons. The minimum absolute atomic E-state index is 0.00286. The van der Waals surface area contributed by atoms with Crippen LogP contribution in [0.25, 0.3) is 0 Å². The van der Waals surface area contributed by atoms with Crippen LogP contribution >= 0.6 is 0 Å². The molecule has 8 nitrogen and oxygen atoms in total. The van der Waals surface area contributed by atoms with Crippen LogP contribution < -0.4 is 10.2 Å². The minimum atomic E-state index is -4.81. The van der Waals surface area contributed by atoms with Gasteiger partial charge in [0, 0.05) is 37.4 Å². The Hall–Kier alpha value is -3.67. The number of nitrogens with one attached hydrogen (secondary N) is 1. The summed E-state index contributed by atoms with van der Waals surface area (Å²) in [5, 5.41) is 31.0. The van der Waals surface area contributed by atoms with Gasteiger partial charge in [0.05, 0.1) is 29.1 Å². The molecule has 3 atom stereocenters. The number of fused-ring (bicyclic) bond motifs is 2. The fourth-order valence-electron chi connectivity index (χ4n) is 4.86. The van der Waals surface area contributed by atoms with Crippen molar-refractivity contribution in [3.05, 3.63) is 53.3 Å². The number of aliphatic hydroxyl groups is 1. The first kappa shape index (κ1) is 24.5. The summed E-state index contributed by atoms with van der Waals surface area (Å²) < 4.78 is 39.6. The summed E-state index contributed by atoms with van der Waals surface area (Å²) in [4.78, 5) is 20.5. The molecule has 2 bridgehead atoms. The van der Waals surface area contributed by atoms with Crippen LogP contribution in [-0.2, 0) is 11.0 Å². The topological polar surface area (TPSA) is 116 Å². The summed E-state index contributed by atoms with van der Waals surface area (Å²) in [7, 11) is 0. The van der Waals surface area contributed by atoms with Crippen LogP contribution in [0.1, 0.15) is 36.6 Å².